The Morgan fingerprint density at radius 3 is 2.81 bits per heavy atom. The van der Waals surface area contributed by atoms with Crippen molar-refractivity contribution >= 4 is 17.6 Å². The highest BCUT2D eigenvalue weighted by Crippen LogP contribution is 2.21. The van der Waals surface area contributed by atoms with Gasteiger partial charge in [0, 0.05) is 50.6 Å². The van der Waals surface area contributed by atoms with Crippen LogP contribution in [-0.2, 0) is 16.1 Å². The number of amides is 2. The van der Waals surface area contributed by atoms with Crippen LogP contribution in [0.5, 0.6) is 0 Å². The molecule has 2 aromatic heterocycles. The molecule has 168 valence electrons. The van der Waals surface area contributed by atoms with E-state index in [4.69, 9.17) is 4.74 Å². The standard InChI is InChI=1S/C21H30N6O4/c1-21(2,3)31-20(30)25-9-10-26(19(29)14-25)16-5-4-8-24(13-16)12-15-11-18(28)27-17(23-15)6-7-22-27/h6-7,11,16,22H,4-5,8-10,12-14H2,1-3H3/t16-/m1/s1. The van der Waals surface area contributed by atoms with Crippen molar-refractivity contribution in [1.82, 2.24) is 29.3 Å². The van der Waals surface area contributed by atoms with Crippen LogP contribution >= 0.6 is 0 Å². The van der Waals surface area contributed by atoms with E-state index in [9.17, 15) is 14.4 Å². The first kappa shape index (κ1) is 21.4. The van der Waals surface area contributed by atoms with E-state index in [1.54, 1.807) is 18.3 Å². The molecule has 0 aromatic carbocycles. The zero-order valence-corrected chi connectivity index (χ0v) is 18.3. The van der Waals surface area contributed by atoms with E-state index in [1.807, 2.05) is 25.7 Å². The van der Waals surface area contributed by atoms with Crippen molar-refractivity contribution < 1.29 is 14.3 Å². The molecule has 31 heavy (non-hydrogen) atoms. The van der Waals surface area contributed by atoms with Gasteiger partial charge in [-0.1, -0.05) is 0 Å². The molecule has 0 spiro atoms. The molecule has 1 atom stereocenters. The highest BCUT2D eigenvalue weighted by molar-refractivity contribution is 5.84. The van der Waals surface area contributed by atoms with Gasteiger partial charge in [-0.25, -0.2) is 14.3 Å². The lowest BCUT2D eigenvalue weighted by molar-refractivity contribution is -0.139. The van der Waals surface area contributed by atoms with E-state index in [0.29, 0.717) is 25.3 Å². The fourth-order valence-electron chi connectivity index (χ4n) is 4.27. The number of nitrogens with zero attached hydrogens (tertiary/aromatic N) is 5. The third-order valence-electron chi connectivity index (χ3n) is 5.65. The number of aromatic nitrogens is 3. The molecule has 2 fully saturated rings. The number of carbonyl (C=O) groups excluding carboxylic acids is 2. The number of hydrogen-bond acceptors (Lipinski definition) is 6. The number of aromatic amines is 1. The number of piperazine rings is 1. The molecule has 4 rings (SSSR count). The van der Waals surface area contributed by atoms with Crippen molar-refractivity contribution in [3.8, 4) is 0 Å². The largest absolute Gasteiger partial charge is 0.444 e. The van der Waals surface area contributed by atoms with E-state index in [1.165, 1.54) is 9.42 Å². The summed E-state index contributed by atoms with van der Waals surface area (Å²) in [7, 11) is 0. The van der Waals surface area contributed by atoms with Gasteiger partial charge in [0.2, 0.25) is 5.91 Å². The Morgan fingerprint density at radius 2 is 2.06 bits per heavy atom. The molecular formula is C21H30N6O4. The predicted molar refractivity (Wildman–Crippen MR) is 114 cm³/mol. The van der Waals surface area contributed by atoms with Crippen LogP contribution in [0.4, 0.5) is 4.79 Å². The predicted octanol–water partition coefficient (Wildman–Crippen LogP) is 1.07. The fraction of sp³-hybridized carbons (Fsp3) is 0.619. The Morgan fingerprint density at radius 1 is 1.26 bits per heavy atom. The van der Waals surface area contributed by atoms with Crippen LogP contribution in [0.3, 0.4) is 0 Å². The van der Waals surface area contributed by atoms with Crippen LogP contribution in [0.1, 0.15) is 39.3 Å². The quantitative estimate of drug-likeness (QED) is 0.781. The number of piperidine rings is 1. The summed E-state index contributed by atoms with van der Waals surface area (Å²) in [6, 6.07) is 3.42. The van der Waals surface area contributed by atoms with Gasteiger partial charge in [0.05, 0.1) is 5.69 Å². The molecule has 10 heteroatoms. The van der Waals surface area contributed by atoms with Gasteiger partial charge < -0.3 is 9.64 Å². The van der Waals surface area contributed by atoms with E-state index in [0.717, 1.165) is 31.6 Å². The van der Waals surface area contributed by atoms with Gasteiger partial charge in [0.25, 0.3) is 5.56 Å². The maximum Gasteiger partial charge on any atom is 0.410 e. The molecule has 2 amide bonds. The first-order valence-electron chi connectivity index (χ1n) is 10.8. The third kappa shape index (κ3) is 4.90. The lowest BCUT2D eigenvalue weighted by atomic mass is 10.0. The maximum atomic E-state index is 12.8. The maximum absolute atomic E-state index is 12.8. The molecule has 0 radical (unpaired) electrons. The first-order valence-corrected chi connectivity index (χ1v) is 10.8. The summed E-state index contributed by atoms with van der Waals surface area (Å²) in [5.41, 5.74) is 0.615. The number of ether oxygens (including phenoxy) is 1. The second-order valence-electron chi connectivity index (χ2n) is 9.26. The van der Waals surface area contributed by atoms with E-state index >= 15 is 0 Å². The molecule has 0 aliphatic carbocycles. The summed E-state index contributed by atoms with van der Waals surface area (Å²) in [4.78, 5) is 47.5. The monoisotopic (exact) mass is 430 g/mol. The van der Waals surface area contributed by atoms with Gasteiger partial charge in [0.15, 0.2) is 5.65 Å². The molecule has 0 bridgehead atoms. The van der Waals surface area contributed by atoms with E-state index in [2.05, 4.69) is 15.0 Å². The topological polar surface area (TPSA) is 103 Å². The molecule has 1 N–H and O–H groups in total. The van der Waals surface area contributed by atoms with Gasteiger partial charge in [-0.3, -0.25) is 24.5 Å². The molecule has 0 unspecified atom stereocenters. The molecule has 2 aromatic rings. The first-order chi connectivity index (χ1) is 14.7. The summed E-state index contributed by atoms with van der Waals surface area (Å²) in [5.74, 6) is -0.0472. The minimum Gasteiger partial charge on any atom is -0.444 e. The van der Waals surface area contributed by atoms with Crippen LogP contribution in [0, 0.1) is 0 Å². The minimum absolute atomic E-state index is 0.0472. The van der Waals surface area contributed by atoms with Crippen LogP contribution in [-0.4, -0.2) is 85.7 Å². The Bertz CT molecular complexity index is 1020. The molecule has 10 nitrogen and oxygen atoms in total. The van der Waals surface area contributed by atoms with E-state index < -0.39 is 11.7 Å². The number of rotatable bonds is 3. The summed E-state index contributed by atoms with van der Waals surface area (Å²) < 4.78 is 6.80. The number of H-pyrrole nitrogens is 1. The lowest BCUT2D eigenvalue weighted by Gasteiger charge is -2.43. The smallest absolute Gasteiger partial charge is 0.410 e. The van der Waals surface area contributed by atoms with Crippen molar-refractivity contribution in [2.75, 3.05) is 32.7 Å². The molecule has 2 aliphatic rings. The Balaban J connectivity index is 1.37. The van der Waals surface area contributed by atoms with Crippen molar-refractivity contribution in [3.63, 3.8) is 0 Å². The summed E-state index contributed by atoms with van der Waals surface area (Å²) in [5, 5.41) is 2.84. The molecule has 2 saturated heterocycles. The SMILES string of the molecule is CC(C)(C)OC(=O)N1CCN([C@@H]2CCCN(Cc3cc(=O)n4[nH]ccc4n3)C2)C(=O)C1. The fourth-order valence-corrected chi connectivity index (χ4v) is 4.27. The van der Waals surface area contributed by atoms with Gasteiger partial charge in [-0.05, 0) is 40.2 Å². The number of likely N-dealkylation sites (tertiary alicyclic amines) is 1. The molecule has 0 saturated carbocycles. The molecule has 2 aliphatic heterocycles. The zero-order chi connectivity index (χ0) is 22.2. The number of fused-ring (bicyclic) bond motifs is 1. The number of hydrogen-bond donors (Lipinski definition) is 1. The average Bonchev–Trinajstić information content (AvgIpc) is 3.16. The van der Waals surface area contributed by atoms with Crippen molar-refractivity contribution in [2.24, 2.45) is 0 Å². The van der Waals surface area contributed by atoms with Crippen molar-refractivity contribution in [2.45, 2.75) is 51.8 Å². The highest BCUT2D eigenvalue weighted by atomic mass is 16.6. The third-order valence-corrected chi connectivity index (χ3v) is 5.65. The van der Waals surface area contributed by atoms with E-state index in [-0.39, 0.29) is 24.1 Å². The van der Waals surface area contributed by atoms with Crippen LogP contribution in [0.25, 0.3) is 5.65 Å². The average molecular weight is 431 g/mol. The number of nitrogens with one attached hydrogen (secondary N) is 1. The molecular weight excluding hydrogens is 400 g/mol. The normalized spacial score (nSPS) is 21.0. The summed E-state index contributed by atoms with van der Waals surface area (Å²) >= 11 is 0. The van der Waals surface area contributed by atoms with Crippen molar-refractivity contribution in [1.29, 1.82) is 0 Å². The highest BCUT2D eigenvalue weighted by Gasteiger charge is 2.35. The summed E-state index contributed by atoms with van der Waals surface area (Å²) in [6.07, 6.45) is 3.15. The van der Waals surface area contributed by atoms with Gasteiger partial charge >= 0.3 is 6.09 Å². The van der Waals surface area contributed by atoms with Crippen molar-refractivity contribution in [3.05, 3.63) is 34.4 Å². The Hall–Kier alpha value is -2.88. The lowest BCUT2D eigenvalue weighted by Crippen LogP contribution is -2.59. The van der Waals surface area contributed by atoms with Gasteiger partial charge in [-0.15, -0.1) is 0 Å². The second kappa shape index (κ2) is 8.33. The van der Waals surface area contributed by atoms with Crippen LogP contribution in [0.15, 0.2) is 23.1 Å². The van der Waals surface area contributed by atoms with Gasteiger partial charge in [0.1, 0.15) is 12.1 Å². The van der Waals surface area contributed by atoms with Crippen LogP contribution < -0.4 is 5.56 Å². The Kier molecular flexibility index (Phi) is 5.74. The van der Waals surface area contributed by atoms with Crippen LogP contribution in [0.2, 0.25) is 0 Å². The molecule has 4 heterocycles. The second-order valence-corrected chi connectivity index (χ2v) is 9.26. The Labute approximate surface area is 180 Å². The minimum atomic E-state index is -0.582. The number of carbonyl (C=O) groups is 2. The zero-order valence-electron chi connectivity index (χ0n) is 18.3. The van der Waals surface area contributed by atoms with Gasteiger partial charge in [-0.2, -0.15) is 0 Å². The summed E-state index contributed by atoms with van der Waals surface area (Å²) in [6.45, 7) is 8.67.